The number of piperazine rings is 1. The molecule has 1 saturated carbocycles. The Kier molecular flexibility index (Phi) is 4.69. The van der Waals surface area contributed by atoms with Crippen LogP contribution in [0.3, 0.4) is 0 Å². The molecule has 2 fully saturated rings. The first-order valence-corrected chi connectivity index (χ1v) is 9.48. The van der Waals surface area contributed by atoms with E-state index in [2.05, 4.69) is 20.9 Å². The van der Waals surface area contributed by atoms with Crippen molar-refractivity contribution in [3.05, 3.63) is 17.8 Å². The molecule has 2 aliphatic heterocycles. The molecule has 0 bridgehead atoms. The topological polar surface area (TPSA) is 28.6 Å². The first-order valence-electron chi connectivity index (χ1n) is 9.48. The van der Waals surface area contributed by atoms with Gasteiger partial charge in [-0.25, -0.2) is 4.98 Å². The summed E-state index contributed by atoms with van der Waals surface area (Å²) in [7, 11) is 0. The van der Waals surface area contributed by atoms with Crippen molar-refractivity contribution >= 4 is 5.82 Å². The maximum atomic E-state index is 5.82. The number of hydrogen-bond donors (Lipinski definition) is 0. The van der Waals surface area contributed by atoms with Crippen LogP contribution in [0.4, 0.5) is 5.82 Å². The van der Waals surface area contributed by atoms with Crippen molar-refractivity contribution in [1.29, 1.82) is 0 Å². The van der Waals surface area contributed by atoms with E-state index in [0.717, 1.165) is 56.7 Å². The normalized spacial score (nSPS) is 22.9. The number of anilines is 1. The molecule has 0 unspecified atom stereocenters. The number of aromatic nitrogens is 1. The van der Waals surface area contributed by atoms with E-state index in [0.29, 0.717) is 0 Å². The van der Waals surface area contributed by atoms with E-state index in [1.807, 2.05) is 6.20 Å². The molecule has 23 heavy (non-hydrogen) atoms. The molecule has 0 atom stereocenters. The highest BCUT2D eigenvalue weighted by atomic mass is 16.5. The van der Waals surface area contributed by atoms with Crippen molar-refractivity contribution in [3.63, 3.8) is 0 Å². The molecule has 0 spiro atoms. The van der Waals surface area contributed by atoms with Crippen LogP contribution in [-0.4, -0.2) is 49.2 Å². The van der Waals surface area contributed by atoms with Gasteiger partial charge in [0.25, 0.3) is 0 Å². The van der Waals surface area contributed by atoms with Crippen LogP contribution in [0, 0.1) is 5.92 Å². The van der Waals surface area contributed by atoms with Crippen LogP contribution in [0.15, 0.2) is 12.3 Å². The molecule has 1 saturated heterocycles. The van der Waals surface area contributed by atoms with Crippen LogP contribution in [0.5, 0.6) is 5.75 Å². The maximum Gasteiger partial charge on any atom is 0.171 e. The summed E-state index contributed by atoms with van der Waals surface area (Å²) in [4.78, 5) is 9.67. The van der Waals surface area contributed by atoms with Crippen LogP contribution < -0.4 is 9.64 Å². The lowest BCUT2D eigenvalue weighted by Crippen LogP contribution is -2.47. The molecule has 0 radical (unpaired) electrons. The number of nitrogens with zero attached hydrogens (tertiary/aromatic N) is 3. The first kappa shape index (κ1) is 15.3. The van der Waals surface area contributed by atoms with Crippen molar-refractivity contribution in [2.24, 2.45) is 5.92 Å². The molecule has 126 valence electrons. The van der Waals surface area contributed by atoms with Crippen molar-refractivity contribution < 1.29 is 4.74 Å². The Bertz CT molecular complexity index is 519. The summed E-state index contributed by atoms with van der Waals surface area (Å²) in [6.07, 6.45) is 11.7. The molecule has 4 nitrogen and oxygen atoms in total. The van der Waals surface area contributed by atoms with Gasteiger partial charge in [0.15, 0.2) is 11.6 Å². The molecule has 3 heterocycles. The lowest BCUT2D eigenvalue weighted by Gasteiger charge is -2.36. The summed E-state index contributed by atoms with van der Waals surface area (Å²) in [5.41, 5.74) is 1.33. The highest BCUT2D eigenvalue weighted by Gasteiger charge is 2.25. The highest BCUT2D eigenvalue weighted by Crippen LogP contribution is 2.34. The maximum absolute atomic E-state index is 5.82. The summed E-state index contributed by atoms with van der Waals surface area (Å²) in [6.45, 7) is 6.59. The largest absolute Gasteiger partial charge is 0.489 e. The molecule has 3 aliphatic rings. The van der Waals surface area contributed by atoms with Gasteiger partial charge in [-0.2, -0.15) is 0 Å². The van der Waals surface area contributed by atoms with Gasteiger partial charge in [0, 0.05) is 44.4 Å². The van der Waals surface area contributed by atoms with Crippen molar-refractivity contribution in [3.8, 4) is 5.75 Å². The lowest BCUT2D eigenvalue weighted by molar-refractivity contribution is 0.220. The van der Waals surface area contributed by atoms with Crippen LogP contribution in [-0.2, 0) is 6.42 Å². The van der Waals surface area contributed by atoms with Crippen LogP contribution in [0.1, 0.15) is 44.1 Å². The molecule has 0 amide bonds. The van der Waals surface area contributed by atoms with E-state index in [1.165, 1.54) is 50.6 Å². The second-order valence-corrected chi connectivity index (χ2v) is 7.34. The molecular weight excluding hydrogens is 286 g/mol. The van der Waals surface area contributed by atoms with Crippen LogP contribution in [0.25, 0.3) is 0 Å². The standard InChI is InChI=1S/C19H29N3O/c1-2-4-16(5-3-1)7-10-21-11-13-22(14-12-21)19-18-17(6-9-20-19)8-15-23-18/h6,9,16H,1-5,7-8,10-15H2. The van der Waals surface area contributed by atoms with Crippen LogP contribution >= 0.6 is 0 Å². The van der Waals surface area contributed by atoms with E-state index < -0.39 is 0 Å². The summed E-state index contributed by atoms with van der Waals surface area (Å²) >= 11 is 0. The van der Waals surface area contributed by atoms with Gasteiger partial charge in [-0.1, -0.05) is 32.1 Å². The number of ether oxygens (including phenoxy) is 1. The minimum atomic E-state index is 0.815. The lowest BCUT2D eigenvalue weighted by atomic mass is 9.87. The van der Waals surface area contributed by atoms with Crippen molar-refractivity contribution in [2.75, 3.05) is 44.2 Å². The van der Waals surface area contributed by atoms with Gasteiger partial charge >= 0.3 is 0 Å². The Balaban J connectivity index is 1.28. The predicted molar refractivity (Wildman–Crippen MR) is 93.3 cm³/mol. The number of pyridine rings is 1. The smallest absolute Gasteiger partial charge is 0.171 e. The first-order chi connectivity index (χ1) is 11.4. The Labute approximate surface area is 139 Å². The third-order valence-corrected chi connectivity index (χ3v) is 5.84. The average Bonchev–Trinajstić information content (AvgIpc) is 3.10. The van der Waals surface area contributed by atoms with Gasteiger partial charge in [0.2, 0.25) is 0 Å². The van der Waals surface area contributed by atoms with E-state index in [9.17, 15) is 0 Å². The van der Waals surface area contributed by atoms with E-state index in [1.54, 1.807) is 0 Å². The Hall–Kier alpha value is -1.29. The molecule has 1 aliphatic carbocycles. The second kappa shape index (κ2) is 7.08. The highest BCUT2D eigenvalue weighted by molar-refractivity contribution is 5.58. The molecule has 4 rings (SSSR count). The molecular formula is C19H29N3O. The molecule has 1 aromatic rings. The summed E-state index contributed by atoms with van der Waals surface area (Å²) in [6, 6.07) is 2.10. The third kappa shape index (κ3) is 3.47. The Morgan fingerprint density at radius 3 is 2.74 bits per heavy atom. The molecule has 0 N–H and O–H groups in total. The zero-order chi connectivity index (χ0) is 15.5. The van der Waals surface area contributed by atoms with Gasteiger partial charge < -0.3 is 9.64 Å². The van der Waals surface area contributed by atoms with Crippen molar-refractivity contribution in [2.45, 2.75) is 44.9 Å². The number of fused-ring (bicyclic) bond motifs is 1. The fourth-order valence-corrected chi connectivity index (χ4v) is 4.34. The number of hydrogen-bond acceptors (Lipinski definition) is 4. The fourth-order valence-electron chi connectivity index (χ4n) is 4.34. The minimum absolute atomic E-state index is 0.815. The van der Waals surface area contributed by atoms with Gasteiger partial charge in [-0.3, -0.25) is 4.90 Å². The Morgan fingerprint density at radius 1 is 1.09 bits per heavy atom. The zero-order valence-electron chi connectivity index (χ0n) is 14.2. The minimum Gasteiger partial charge on any atom is -0.489 e. The quantitative estimate of drug-likeness (QED) is 0.853. The van der Waals surface area contributed by atoms with E-state index >= 15 is 0 Å². The van der Waals surface area contributed by atoms with E-state index in [-0.39, 0.29) is 0 Å². The van der Waals surface area contributed by atoms with Gasteiger partial charge in [0.1, 0.15) is 0 Å². The van der Waals surface area contributed by atoms with Gasteiger partial charge in [0.05, 0.1) is 6.61 Å². The summed E-state index contributed by atoms with van der Waals surface area (Å²) in [5, 5.41) is 0. The average molecular weight is 315 g/mol. The summed E-state index contributed by atoms with van der Waals surface area (Å²) < 4.78 is 5.82. The SMILES string of the molecule is c1cc2c(c(N3CCN(CCC4CCCCC4)CC3)n1)OCC2. The number of rotatable bonds is 4. The second-order valence-electron chi connectivity index (χ2n) is 7.34. The van der Waals surface area contributed by atoms with Gasteiger partial charge in [-0.15, -0.1) is 0 Å². The molecule has 0 aromatic carbocycles. The molecule has 1 aromatic heterocycles. The van der Waals surface area contributed by atoms with Crippen LogP contribution in [0.2, 0.25) is 0 Å². The van der Waals surface area contributed by atoms with Gasteiger partial charge in [-0.05, 0) is 24.9 Å². The zero-order valence-corrected chi connectivity index (χ0v) is 14.2. The van der Waals surface area contributed by atoms with E-state index in [4.69, 9.17) is 4.74 Å². The molecule has 4 heteroatoms. The predicted octanol–water partition coefficient (Wildman–Crippen LogP) is 3.11. The summed E-state index contributed by atoms with van der Waals surface area (Å²) in [5.74, 6) is 3.12. The third-order valence-electron chi connectivity index (χ3n) is 5.84. The fraction of sp³-hybridized carbons (Fsp3) is 0.737. The monoisotopic (exact) mass is 315 g/mol. The van der Waals surface area contributed by atoms with Crippen molar-refractivity contribution in [1.82, 2.24) is 9.88 Å². The Morgan fingerprint density at radius 2 is 1.91 bits per heavy atom.